The molecule has 1 rings (SSSR count). The van der Waals surface area contributed by atoms with Crippen molar-refractivity contribution in [3.63, 3.8) is 0 Å². The van der Waals surface area contributed by atoms with Crippen LogP contribution in [0.15, 0.2) is 17.0 Å². The Labute approximate surface area is 63.9 Å². The molecule has 4 nitrogen and oxygen atoms in total. The highest BCUT2D eigenvalue weighted by molar-refractivity contribution is 5.67. The van der Waals surface area contributed by atoms with Crippen molar-refractivity contribution in [2.24, 2.45) is 0 Å². The van der Waals surface area contributed by atoms with Crippen molar-refractivity contribution < 1.29 is 14.3 Å². The molecule has 1 heterocycles. The summed E-state index contributed by atoms with van der Waals surface area (Å²) in [6.45, 7) is 1.79. The Morgan fingerprint density at radius 1 is 1.91 bits per heavy atom. The van der Waals surface area contributed by atoms with Crippen LogP contribution in [-0.2, 0) is 4.79 Å². The molecule has 0 unspecified atom stereocenters. The van der Waals surface area contributed by atoms with E-state index in [4.69, 9.17) is 9.52 Å². The maximum absolute atomic E-state index is 10.2. The second-order valence-electron chi connectivity index (χ2n) is 2.40. The number of carboxylic acids is 1. The van der Waals surface area contributed by atoms with Gasteiger partial charge in [0.1, 0.15) is 5.76 Å². The Morgan fingerprint density at radius 2 is 2.64 bits per heavy atom. The van der Waals surface area contributed by atoms with Gasteiger partial charge in [-0.05, 0) is 0 Å². The predicted molar refractivity (Wildman–Crippen MR) is 37.2 cm³/mol. The summed E-state index contributed by atoms with van der Waals surface area (Å²) in [4.78, 5) is 13.9. The molecule has 0 saturated heterocycles. The van der Waals surface area contributed by atoms with Gasteiger partial charge in [0.2, 0.25) is 0 Å². The minimum atomic E-state index is -0.825. The standard InChI is InChI=1S/C7H9NO3/c1-5(2-7(9)10)6-3-8-4-11-6/h3-5H,2H2,1H3,(H,9,10)/t5-/m1/s1. The molecule has 0 aliphatic carbocycles. The van der Waals surface area contributed by atoms with Crippen LogP contribution in [0.2, 0.25) is 0 Å². The first-order chi connectivity index (χ1) is 5.20. The van der Waals surface area contributed by atoms with Crippen LogP contribution < -0.4 is 0 Å². The second-order valence-corrected chi connectivity index (χ2v) is 2.40. The highest BCUT2D eigenvalue weighted by atomic mass is 16.4. The summed E-state index contributed by atoms with van der Waals surface area (Å²) >= 11 is 0. The number of rotatable bonds is 3. The molecule has 0 radical (unpaired) electrons. The molecule has 0 aliphatic heterocycles. The van der Waals surface area contributed by atoms with E-state index < -0.39 is 5.97 Å². The van der Waals surface area contributed by atoms with Gasteiger partial charge < -0.3 is 9.52 Å². The fraction of sp³-hybridized carbons (Fsp3) is 0.429. The van der Waals surface area contributed by atoms with Gasteiger partial charge in [0.15, 0.2) is 6.39 Å². The number of oxazole rings is 1. The van der Waals surface area contributed by atoms with Crippen molar-refractivity contribution in [1.82, 2.24) is 4.98 Å². The Balaban J connectivity index is 2.56. The van der Waals surface area contributed by atoms with Gasteiger partial charge in [0, 0.05) is 5.92 Å². The summed E-state index contributed by atoms with van der Waals surface area (Å²) in [6, 6.07) is 0. The average molecular weight is 155 g/mol. The van der Waals surface area contributed by atoms with E-state index in [0.717, 1.165) is 0 Å². The van der Waals surface area contributed by atoms with E-state index in [2.05, 4.69) is 4.98 Å². The molecule has 1 atom stereocenters. The topological polar surface area (TPSA) is 63.3 Å². The van der Waals surface area contributed by atoms with Gasteiger partial charge in [-0.25, -0.2) is 4.98 Å². The molecule has 1 N–H and O–H groups in total. The average Bonchev–Trinajstić information content (AvgIpc) is 2.35. The van der Waals surface area contributed by atoms with Gasteiger partial charge in [0.05, 0.1) is 12.6 Å². The molecule has 0 spiro atoms. The lowest BCUT2D eigenvalue weighted by Gasteiger charge is -2.01. The first kappa shape index (κ1) is 7.78. The predicted octanol–water partition coefficient (Wildman–Crippen LogP) is 1.25. The quantitative estimate of drug-likeness (QED) is 0.713. The Morgan fingerprint density at radius 3 is 3.09 bits per heavy atom. The normalized spacial score (nSPS) is 12.8. The number of carboxylic acid groups (broad SMARTS) is 1. The summed E-state index contributed by atoms with van der Waals surface area (Å²) in [6.07, 6.45) is 2.91. The summed E-state index contributed by atoms with van der Waals surface area (Å²) < 4.78 is 4.92. The minimum Gasteiger partial charge on any atom is -0.481 e. The first-order valence-electron chi connectivity index (χ1n) is 3.30. The molecule has 0 amide bonds. The number of carbonyl (C=O) groups is 1. The zero-order valence-corrected chi connectivity index (χ0v) is 6.15. The van der Waals surface area contributed by atoms with E-state index in [1.165, 1.54) is 12.6 Å². The van der Waals surface area contributed by atoms with Gasteiger partial charge in [-0.3, -0.25) is 4.79 Å². The number of hydrogen-bond donors (Lipinski definition) is 1. The van der Waals surface area contributed by atoms with E-state index in [-0.39, 0.29) is 12.3 Å². The van der Waals surface area contributed by atoms with Crippen molar-refractivity contribution >= 4 is 5.97 Å². The van der Waals surface area contributed by atoms with Gasteiger partial charge in [-0.15, -0.1) is 0 Å². The smallest absolute Gasteiger partial charge is 0.304 e. The van der Waals surface area contributed by atoms with Crippen molar-refractivity contribution in [3.8, 4) is 0 Å². The summed E-state index contributed by atoms with van der Waals surface area (Å²) in [5.41, 5.74) is 0. The molecule has 11 heavy (non-hydrogen) atoms. The molecular formula is C7H9NO3. The Bertz CT molecular complexity index is 230. The van der Waals surface area contributed by atoms with Crippen LogP contribution in [0.1, 0.15) is 25.0 Å². The van der Waals surface area contributed by atoms with Gasteiger partial charge in [-0.1, -0.05) is 6.92 Å². The number of hydrogen-bond acceptors (Lipinski definition) is 3. The highest BCUT2D eigenvalue weighted by Crippen LogP contribution is 2.17. The Hall–Kier alpha value is -1.32. The third kappa shape index (κ3) is 2.07. The van der Waals surface area contributed by atoms with Crippen LogP contribution in [-0.4, -0.2) is 16.1 Å². The number of nitrogens with zero attached hydrogens (tertiary/aromatic N) is 1. The molecule has 0 bridgehead atoms. The monoisotopic (exact) mass is 155 g/mol. The largest absolute Gasteiger partial charge is 0.481 e. The van der Waals surface area contributed by atoms with E-state index in [9.17, 15) is 4.79 Å². The third-order valence-electron chi connectivity index (χ3n) is 1.42. The van der Waals surface area contributed by atoms with E-state index >= 15 is 0 Å². The molecular weight excluding hydrogens is 146 g/mol. The van der Waals surface area contributed by atoms with Crippen LogP contribution in [0, 0.1) is 0 Å². The molecule has 1 aromatic heterocycles. The van der Waals surface area contributed by atoms with Gasteiger partial charge >= 0.3 is 5.97 Å². The van der Waals surface area contributed by atoms with E-state index in [0.29, 0.717) is 5.76 Å². The van der Waals surface area contributed by atoms with E-state index in [1.807, 2.05) is 0 Å². The molecule has 0 fully saturated rings. The number of aromatic nitrogens is 1. The van der Waals surface area contributed by atoms with Crippen LogP contribution in [0.5, 0.6) is 0 Å². The van der Waals surface area contributed by atoms with Gasteiger partial charge in [0.25, 0.3) is 0 Å². The van der Waals surface area contributed by atoms with Crippen molar-refractivity contribution in [2.75, 3.05) is 0 Å². The maximum Gasteiger partial charge on any atom is 0.304 e. The number of aliphatic carboxylic acids is 1. The first-order valence-corrected chi connectivity index (χ1v) is 3.30. The fourth-order valence-corrected chi connectivity index (χ4v) is 0.832. The highest BCUT2D eigenvalue weighted by Gasteiger charge is 2.12. The summed E-state index contributed by atoms with van der Waals surface area (Å²) in [7, 11) is 0. The molecule has 4 heteroatoms. The molecule has 0 aromatic carbocycles. The van der Waals surface area contributed by atoms with Crippen molar-refractivity contribution in [2.45, 2.75) is 19.3 Å². The lowest BCUT2D eigenvalue weighted by Crippen LogP contribution is -2.01. The molecule has 1 aromatic rings. The molecule has 0 aliphatic rings. The third-order valence-corrected chi connectivity index (χ3v) is 1.42. The van der Waals surface area contributed by atoms with Crippen LogP contribution >= 0.6 is 0 Å². The lowest BCUT2D eigenvalue weighted by atomic mass is 10.1. The maximum atomic E-state index is 10.2. The second kappa shape index (κ2) is 3.18. The van der Waals surface area contributed by atoms with Gasteiger partial charge in [-0.2, -0.15) is 0 Å². The fourth-order valence-electron chi connectivity index (χ4n) is 0.832. The molecule has 0 saturated carbocycles. The molecule has 60 valence electrons. The van der Waals surface area contributed by atoms with Crippen molar-refractivity contribution in [1.29, 1.82) is 0 Å². The zero-order chi connectivity index (χ0) is 8.27. The Kier molecular flexibility index (Phi) is 2.25. The summed E-state index contributed by atoms with van der Waals surface area (Å²) in [5, 5.41) is 8.42. The lowest BCUT2D eigenvalue weighted by molar-refractivity contribution is -0.137. The zero-order valence-electron chi connectivity index (χ0n) is 6.15. The summed E-state index contributed by atoms with van der Waals surface area (Å²) in [5.74, 6) is -0.309. The SMILES string of the molecule is C[C@H](CC(=O)O)c1cnco1. The van der Waals surface area contributed by atoms with Crippen LogP contribution in [0.4, 0.5) is 0 Å². The van der Waals surface area contributed by atoms with Crippen molar-refractivity contribution in [3.05, 3.63) is 18.4 Å². The van der Waals surface area contributed by atoms with Crippen LogP contribution in [0.3, 0.4) is 0 Å². The van der Waals surface area contributed by atoms with Crippen LogP contribution in [0.25, 0.3) is 0 Å². The minimum absolute atomic E-state index is 0.0786. The van der Waals surface area contributed by atoms with E-state index in [1.54, 1.807) is 6.92 Å².